The Bertz CT molecular complexity index is 1670. The summed E-state index contributed by atoms with van der Waals surface area (Å²) in [4.78, 5) is 35.9. The highest BCUT2D eigenvalue weighted by atomic mass is 35.5. The van der Waals surface area contributed by atoms with E-state index >= 15 is 0 Å². The number of nitrogens with zero attached hydrogens (tertiary/aromatic N) is 6. The molecule has 224 valence electrons. The minimum absolute atomic E-state index is 0.179. The number of halogens is 1. The molecule has 3 heterocycles. The SMILES string of the molecule is CCCC(CN(CC)C(=O)OC(C)(C)C)n1nc(-c2ccc(C(=O)Nc3ccccn3)cc2Cl)c2c(N)ncc(C#N)c21. The number of nitrogens with one attached hydrogen (secondary N) is 1. The molecule has 0 aliphatic rings. The number of carbonyl (C=O) groups excluding carboxylic acids is 2. The summed E-state index contributed by atoms with van der Waals surface area (Å²) >= 11 is 6.76. The number of fused-ring (bicyclic) bond motifs is 1. The molecule has 4 rings (SSSR count). The van der Waals surface area contributed by atoms with Crippen LogP contribution in [0.1, 0.15) is 69.4 Å². The lowest BCUT2D eigenvalue weighted by molar-refractivity contribution is 0.0230. The Morgan fingerprint density at radius 3 is 2.58 bits per heavy atom. The summed E-state index contributed by atoms with van der Waals surface area (Å²) in [6.45, 7) is 10.1. The molecule has 1 unspecified atom stereocenters. The molecule has 4 aromatic rings. The average Bonchev–Trinajstić information content (AvgIpc) is 3.36. The number of rotatable bonds is 9. The Morgan fingerprint density at radius 1 is 1.21 bits per heavy atom. The van der Waals surface area contributed by atoms with Crippen LogP contribution in [0.25, 0.3) is 22.2 Å². The smallest absolute Gasteiger partial charge is 0.410 e. The Balaban J connectivity index is 1.80. The van der Waals surface area contributed by atoms with Crippen molar-refractivity contribution >= 4 is 46.1 Å². The largest absolute Gasteiger partial charge is 0.444 e. The molecule has 0 saturated heterocycles. The number of likely N-dealkylation sites (N-methyl/N-ethyl adjacent to an activating group) is 1. The maximum atomic E-state index is 13.0. The fourth-order valence-electron chi connectivity index (χ4n) is 4.74. The van der Waals surface area contributed by atoms with Crippen molar-refractivity contribution in [1.29, 1.82) is 5.26 Å². The molecule has 1 atom stereocenters. The number of ether oxygens (including phenoxy) is 1. The van der Waals surface area contributed by atoms with Crippen LogP contribution in [0, 0.1) is 11.3 Å². The van der Waals surface area contributed by atoms with Gasteiger partial charge in [-0.3, -0.25) is 9.48 Å². The Morgan fingerprint density at radius 2 is 1.98 bits per heavy atom. The van der Waals surface area contributed by atoms with Crippen molar-refractivity contribution in [2.75, 3.05) is 24.1 Å². The van der Waals surface area contributed by atoms with E-state index in [1.807, 2.05) is 34.6 Å². The van der Waals surface area contributed by atoms with Crippen LogP contribution in [0.3, 0.4) is 0 Å². The molecule has 1 aromatic carbocycles. The van der Waals surface area contributed by atoms with Gasteiger partial charge in [-0.05, 0) is 58.4 Å². The van der Waals surface area contributed by atoms with Gasteiger partial charge < -0.3 is 20.7 Å². The van der Waals surface area contributed by atoms with Crippen molar-refractivity contribution < 1.29 is 14.3 Å². The summed E-state index contributed by atoms with van der Waals surface area (Å²) in [5, 5.41) is 18.4. The van der Waals surface area contributed by atoms with E-state index < -0.39 is 11.7 Å². The molecule has 0 radical (unpaired) electrons. The minimum Gasteiger partial charge on any atom is -0.444 e. The van der Waals surface area contributed by atoms with Crippen molar-refractivity contribution in [1.82, 2.24) is 24.6 Å². The fraction of sp³-hybridized carbons (Fsp3) is 0.355. The number of aromatic nitrogens is 4. The standard InChI is InChI=1S/C31H35ClN8O3/c1-6-10-21(18-39(7-2)30(42)43-31(3,4)5)40-27-20(16-33)17-36-28(34)25(27)26(38-40)22-13-12-19(15-23(22)32)29(41)37-24-11-8-9-14-35-24/h8-9,11-15,17,21H,6-7,10,18H2,1-5H3,(H2,34,36)(H,35,37,41). The summed E-state index contributed by atoms with van der Waals surface area (Å²) in [5.41, 5.74) is 7.78. The summed E-state index contributed by atoms with van der Waals surface area (Å²) in [7, 11) is 0. The van der Waals surface area contributed by atoms with Crippen molar-refractivity contribution in [3.05, 3.63) is 64.9 Å². The van der Waals surface area contributed by atoms with Crippen molar-refractivity contribution in [2.45, 2.75) is 59.1 Å². The molecule has 0 fully saturated rings. The van der Waals surface area contributed by atoms with Crippen LogP contribution in [0.4, 0.5) is 16.4 Å². The third-order valence-electron chi connectivity index (χ3n) is 6.70. The number of amides is 2. The summed E-state index contributed by atoms with van der Waals surface area (Å²) < 4.78 is 7.38. The van der Waals surface area contributed by atoms with Gasteiger partial charge >= 0.3 is 6.09 Å². The monoisotopic (exact) mass is 602 g/mol. The quantitative estimate of drug-likeness (QED) is 0.222. The highest BCUT2D eigenvalue weighted by molar-refractivity contribution is 6.34. The van der Waals surface area contributed by atoms with Gasteiger partial charge in [-0.15, -0.1) is 0 Å². The molecule has 0 aliphatic heterocycles. The second kappa shape index (κ2) is 13.1. The van der Waals surface area contributed by atoms with Crippen LogP contribution in [-0.2, 0) is 4.74 Å². The zero-order chi connectivity index (χ0) is 31.3. The first-order valence-electron chi connectivity index (χ1n) is 14.0. The van der Waals surface area contributed by atoms with Gasteiger partial charge in [-0.2, -0.15) is 10.4 Å². The van der Waals surface area contributed by atoms with Crippen LogP contribution in [0.5, 0.6) is 0 Å². The number of nitriles is 1. The highest BCUT2D eigenvalue weighted by Gasteiger charge is 2.29. The van der Waals surface area contributed by atoms with Gasteiger partial charge in [-0.25, -0.2) is 14.8 Å². The number of benzene rings is 1. The Kier molecular flexibility index (Phi) is 9.51. The number of pyridine rings is 2. The normalized spacial score (nSPS) is 12.0. The zero-order valence-corrected chi connectivity index (χ0v) is 25.6. The third kappa shape index (κ3) is 7.04. The van der Waals surface area contributed by atoms with E-state index in [2.05, 4.69) is 21.4 Å². The molecule has 11 nitrogen and oxygen atoms in total. The number of nitrogens with two attached hydrogens (primary N) is 1. The lowest BCUT2D eigenvalue weighted by Crippen LogP contribution is -2.40. The second-order valence-electron chi connectivity index (χ2n) is 11.0. The fourth-order valence-corrected chi connectivity index (χ4v) is 5.01. The van der Waals surface area contributed by atoms with Crippen molar-refractivity contribution in [3.8, 4) is 17.3 Å². The number of carbonyl (C=O) groups is 2. The lowest BCUT2D eigenvalue weighted by atomic mass is 10.0. The molecule has 43 heavy (non-hydrogen) atoms. The van der Waals surface area contributed by atoms with Crippen LogP contribution >= 0.6 is 11.6 Å². The van der Waals surface area contributed by atoms with E-state index in [0.717, 1.165) is 6.42 Å². The molecule has 0 aliphatic carbocycles. The predicted octanol–water partition coefficient (Wildman–Crippen LogP) is 6.45. The van der Waals surface area contributed by atoms with E-state index in [4.69, 9.17) is 27.2 Å². The maximum absolute atomic E-state index is 13.0. The second-order valence-corrected chi connectivity index (χ2v) is 11.4. The zero-order valence-electron chi connectivity index (χ0n) is 24.9. The Labute approximate surface area is 255 Å². The number of anilines is 2. The van der Waals surface area contributed by atoms with Gasteiger partial charge in [0.05, 0.1) is 27.5 Å². The summed E-state index contributed by atoms with van der Waals surface area (Å²) in [5.74, 6) is 0.216. The molecule has 2 amide bonds. The molecule has 0 spiro atoms. The van der Waals surface area contributed by atoms with Crippen molar-refractivity contribution in [3.63, 3.8) is 0 Å². The van der Waals surface area contributed by atoms with Gasteiger partial charge in [-0.1, -0.05) is 37.1 Å². The van der Waals surface area contributed by atoms with E-state index in [-0.39, 0.29) is 28.4 Å². The first-order chi connectivity index (χ1) is 20.5. The predicted molar refractivity (Wildman–Crippen MR) is 167 cm³/mol. The van der Waals surface area contributed by atoms with Gasteiger partial charge in [0, 0.05) is 36.6 Å². The van der Waals surface area contributed by atoms with Crippen LogP contribution in [0.2, 0.25) is 5.02 Å². The molecular weight excluding hydrogens is 568 g/mol. The van der Waals surface area contributed by atoms with E-state index in [1.165, 1.54) is 6.20 Å². The molecule has 0 bridgehead atoms. The van der Waals surface area contributed by atoms with Gasteiger partial charge in [0.15, 0.2) is 0 Å². The highest BCUT2D eigenvalue weighted by Crippen LogP contribution is 2.38. The summed E-state index contributed by atoms with van der Waals surface area (Å²) in [6.07, 6.45) is 4.01. The molecule has 3 N–H and O–H groups in total. The lowest BCUT2D eigenvalue weighted by Gasteiger charge is -2.30. The van der Waals surface area contributed by atoms with Crippen LogP contribution in [-0.4, -0.2) is 55.3 Å². The van der Waals surface area contributed by atoms with Crippen LogP contribution < -0.4 is 11.1 Å². The molecule has 12 heteroatoms. The first-order valence-corrected chi connectivity index (χ1v) is 14.4. The Hall–Kier alpha value is -4.69. The van der Waals surface area contributed by atoms with Gasteiger partial charge in [0.25, 0.3) is 5.91 Å². The first kappa shape index (κ1) is 31.3. The number of hydrogen-bond acceptors (Lipinski definition) is 8. The minimum atomic E-state index is -0.651. The molecule has 0 saturated carbocycles. The summed E-state index contributed by atoms with van der Waals surface area (Å²) in [6, 6.07) is 12.0. The topological polar surface area (TPSA) is 152 Å². The third-order valence-corrected chi connectivity index (χ3v) is 7.01. The van der Waals surface area contributed by atoms with E-state index in [0.29, 0.717) is 53.1 Å². The molecule has 3 aromatic heterocycles. The number of hydrogen-bond donors (Lipinski definition) is 2. The average molecular weight is 603 g/mol. The van der Waals surface area contributed by atoms with Crippen LogP contribution in [0.15, 0.2) is 48.8 Å². The van der Waals surface area contributed by atoms with E-state index in [1.54, 1.807) is 52.2 Å². The van der Waals surface area contributed by atoms with E-state index in [9.17, 15) is 14.9 Å². The van der Waals surface area contributed by atoms with Gasteiger partial charge in [0.1, 0.15) is 29.0 Å². The number of nitrogen functional groups attached to an aromatic ring is 1. The molecular formula is C31H35ClN8O3. The van der Waals surface area contributed by atoms with Gasteiger partial charge in [0.2, 0.25) is 0 Å². The van der Waals surface area contributed by atoms with Crippen molar-refractivity contribution in [2.24, 2.45) is 0 Å². The maximum Gasteiger partial charge on any atom is 0.410 e.